The molecule has 0 bridgehead atoms. The number of halogens is 1. The first kappa shape index (κ1) is 18.9. The SMILES string of the molecule is CC1(C(=O)NS(=O)(=O)c2cccc(Cl)c2)CCN1C(=O)Cc1cccs1. The summed E-state index contributed by atoms with van der Waals surface area (Å²) in [7, 11) is -4.06. The molecule has 6 nitrogen and oxygen atoms in total. The molecule has 1 aromatic heterocycles. The zero-order valence-electron chi connectivity index (χ0n) is 13.9. The van der Waals surface area contributed by atoms with Crippen molar-refractivity contribution in [3.63, 3.8) is 0 Å². The minimum atomic E-state index is -4.06. The molecule has 1 atom stereocenters. The van der Waals surface area contributed by atoms with Gasteiger partial charge in [-0.3, -0.25) is 9.59 Å². The molecular formula is C17H17ClN2O4S2. The number of rotatable bonds is 5. The predicted octanol–water partition coefficient (Wildman–Crippen LogP) is 2.44. The number of benzene rings is 1. The fourth-order valence-electron chi connectivity index (χ4n) is 2.78. The van der Waals surface area contributed by atoms with Gasteiger partial charge in [-0.1, -0.05) is 23.7 Å². The van der Waals surface area contributed by atoms with Crippen molar-refractivity contribution in [1.29, 1.82) is 0 Å². The number of nitrogens with one attached hydrogen (secondary N) is 1. The smallest absolute Gasteiger partial charge is 0.264 e. The summed E-state index contributed by atoms with van der Waals surface area (Å²) in [5.74, 6) is -0.917. The lowest BCUT2D eigenvalue weighted by Crippen LogP contribution is -2.68. The van der Waals surface area contributed by atoms with Gasteiger partial charge in [-0.2, -0.15) is 0 Å². The first-order valence-corrected chi connectivity index (χ1v) is 10.6. The fraction of sp³-hybridized carbons (Fsp3) is 0.294. The highest BCUT2D eigenvalue weighted by Gasteiger charge is 2.50. The van der Waals surface area contributed by atoms with Crippen molar-refractivity contribution in [3.05, 3.63) is 51.7 Å². The summed E-state index contributed by atoms with van der Waals surface area (Å²) in [4.78, 5) is 27.3. The first-order chi connectivity index (χ1) is 12.2. The van der Waals surface area contributed by atoms with Gasteiger partial charge in [0.2, 0.25) is 5.91 Å². The molecule has 1 aromatic carbocycles. The van der Waals surface area contributed by atoms with E-state index in [1.807, 2.05) is 17.5 Å². The standard InChI is InChI=1S/C17H17ClN2O4S2/c1-17(7-8-20(17)15(21)11-13-5-3-9-25-13)16(22)19-26(23,24)14-6-2-4-12(18)10-14/h2-6,9-10H,7-8,11H2,1H3,(H,19,22). The minimum absolute atomic E-state index is 0.0993. The molecule has 0 radical (unpaired) electrons. The number of likely N-dealkylation sites (tertiary alicyclic amines) is 1. The van der Waals surface area contributed by atoms with Crippen molar-refractivity contribution in [2.45, 2.75) is 30.2 Å². The molecule has 1 fully saturated rings. The molecule has 2 heterocycles. The molecule has 1 unspecified atom stereocenters. The quantitative estimate of drug-likeness (QED) is 0.817. The predicted molar refractivity (Wildman–Crippen MR) is 99.5 cm³/mol. The number of hydrogen-bond acceptors (Lipinski definition) is 5. The molecule has 2 amide bonds. The number of nitrogens with zero attached hydrogens (tertiary/aromatic N) is 1. The minimum Gasteiger partial charge on any atom is -0.328 e. The van der Waals surface area contributed by atoms with Crippen LogP contribution in [-0.4, -0.2) is 37.2 Å². The molecule has 1 N–H and O–H groups in total. The second-order valence-corrected chi connectivity index (χ2v) is 9.37. The van der Waals surface area contributed by atoms with Crippen LogP contribution in [0.15, 0.2) is 46.7 Å². The number of carbonyl (C=O) groups excluding carboxylic acids is 2. The zero-order chi connectivity index (χ0) is 18.9. The summed E-state index contributed by atoms with van der Waals surface area (Å²) in [6.45, 7) is 2.00. The van der Waals surface area contributed by atoms with Gasteiger partial charge in [-0.15, -0.1) is 11.3 Å². The Bertz CT molecular complexity index is 943. The normalized spacial score (nSPS) is 19.7. The Kier molecular flexibility index (Phi) is 5.09. The summed E-state index contributed by atoms with van der Waals surface area (Å²) < 4.78 is 26.9. The number of amides is 2. The van der Waals surface area contributed by atoms with Gasteiger partial charge in [0.1, 0.15) is 5.54 Å². The van der Waals surface area contributed by atoms with E-state index in [0.29, 0.717) is 13.0 Å². The van der Waals surface area contributed by atoms with Gasteiger partial charge in [0.15, 0.2) is 0 Å². The average Bonchev–Trinajstić information content (AvgIpc) is 3.05. The van der Waals surface area contributed by atoms with Gasteiger partial charge in [0.25, 0.3) is 15.9 Å². The van der Waals surface area contributed by atoms with Crippen molar-refractivity contribution < 1.29 is 18.0 Å². The van der Waals surface area contributed by atoms with Crippen LogP contribution in [0.2, 0.25) is 5.02 Å². The number of sulfonamides is 1. The third-order valence-electron chi connectivity index (χ3n) is 4.45. The van der Waals surface area contributed by atoms with Crippen LogP contribution in [0.5, 0.6) is 0 Å². The monoisotopic (exact) mass is 412 g/mol. The van der Waals surface area contributed by atoms with E-state index in [9.17, 15) is 18.0 Å². The molecule has 2 aromatic rings. The molecule has 0 saturated carbocycles. The first-order valence-electron chi connectivity index (χ1n) is 7.88. The van der Waals surface area contributed by atoms with Gasteiger partial charge in [-0.05, 0) is 43.0 Å². The summed E-state index contributed by atoms with van der Waals surface area (Å²) >= 11 is 7.28. The van der Waals surface area contributed by atoms with Gasteiger partial charge < -0.3 is 4.90 Å². The van der Waals surface area contributed by atoms with Crippen LogP contribution in [0.3, 0.4) is 0 Å². The Morgan fingerprint density at radius 1 is 1.31 bits per heavy atom. The van der Waals surface area contributed by atoms with Crippen molar-refractivity contribution in [3.8, 4) is 0 Å². The summed E-state index contributed by atoms with van der Waals surface area (Å²) in [6.07, 6.45) is 0.599. The molecule has 1 aliphatic heterocycles. The van der Waals surface area contributed by atoms with Gasteiger partial charge in [0.05, 0.1) is 11.3 Å². The average molecular weight is 413 g/mol. The molecule has 3 rings (SSSR count). The summed E-state index contributed by atoms with van der Waals surface area (Å²) in [5, 5.41) is 2.13. The van der Waals surface area contributed by atoms with E-state index in [4.69, 9.17) is 11.6 Å². The van der Waals surface area contributed by atoms with Crippen molar-refractivity contribution in [2.24, 2.45) is 0 Å². The molecular weight excluding hydrogens is 396 g/mol. The highest BCUT2D eigenvalue weighted by atomic mass is 35.5. The lowest BCUT2D eigenvalue weighted by molar-refractivity contribution is -0.156. The Hall–Kier alpha value is -1.90. The van der Waals surface area contributed by atoms with Crippen LogP contribution < -0.4 is 4.72 Å². The van der Waals surface area contributed by atoms with Crippen LogP contribution in [0.1, 0.15) is 18.2 Å². The lowest BCUT2D eigenvalue weighted by atomic mass is 9.85. The van der Waals surface area contributed by atoms with Crippen LogP contribution in [0.4, 0.5) is 0 Å². The molecule has 26 heavy (non-hydrogen) atoms. The lowest BCUT2D eigenvalue weighted by Gasteiger charge is -2.48. The Morgan fingerprint density at radius 2 is 2.08 bits per heavy atom. The largest absolute Gasteiger partial charge is 0.328 e. The Balaban J connectivity index is 1.73. The zero-order valence-corrected chi connectivity index (χ0v) is 16.3. The van der Waals surface area contributed by atoms with Crippen molar-refractivity contribution in [2.75, 3.05) is 6.54 Å². The second kappa shape index (κ2) is 7.02. The molecule has 9 heteroatoms. The van der Waals surface area contributed by atoms with E-state index in [1.54, 1.807) is 13.0 Å². The van der Waals surface area contributed by atoms with E-state index in [2.05, 4.69) is 4.72 Å². The van der Waals surface area contributed by atoms with Gasteiger partial charge in [-0.25, -0.2) is 13.1 Å². The summed E-state index contributed by atoms with van der Waals surface area (Å²) in [6, 6.07) is 9.35. The molecule has 1 saturated heterocycles. The molecule has 138 valence electrons. The van der Waals surface area contributed by atoms with E-state index in [-0.39, 0.29) is 22.2 Å². The molecule has 1 aliphatic rings. The highest BCUT2D eigenvalue weighted by molar-refractivity contribution is 7.90. The van der Waals surface area contributed by atoms with E-state index < -0.39 is 21.5 Å². The van der Waals surface area contributed by atoms with Gasteiger partial charge in [0, 0.05) is 16.4 Å². The van der Waals surface area contributed by atoms with Crippen molar-refractivity contribution >= 4 is 44.8 Å². The van der Waals surface area contributed by atoms with E-state index in [1.165, 1.54) is 34.4 Å². The number of thiophene rings is 1. The van der Waals surface area contributed by atoms with Crippen LogP contribution in [0.25, 0.3) is 0 Å². The van der Waals surface area contributed by atoms with Gasteiger partial charge >= 0.3 is 0 Å². The fourth-order valence-corrected chi connectivity index (χ4v) is 4.85. The maximum atomic E-state index is 12.6. The van der Waals surface area contributed by atoms with Crippen molar-refractivity contribution in [1.82, 2.24) is 9.62 Å². The Labute approximate surface area is 160 Å². The summed E-state index contributed by atoms with van der Waals surface area (Å²) in [5.41, 5.74) is -1.18. The third kappa shape index (κ3) is 3.62. The molecule has 0 spiro atoms. The number of hydrogen-bond donors (Lipinski definition) is 1. The maximum Gasteiger partial charge on any atom is 0.264 e. The highest BCUT2D eigenvalue weighted by Crippen LogP contribution is 2.32. The molecule has 0 aliphatic carbocycles. The Morgan fingerprint density at radius 3 is 2.65 bits per heavy atom. The van der Waals surface area contributed by atoms with Crippen LogP contribution in [0, 0.1) is 0 Å². The van der Waals surface area contributed by atoms with Crippen LogP contribution >= 0.6 is 22.9 Å². The topological polar surface area (TPSA) is 83.6 Å². The second-order valence-electron chi connectivity index (χ2n) is 6.22. The van der Waals surface area contributed by atoms with Crippen LogP contribution in [-0.2, 0) is 26.0 Å². The van der Waals surface area contributed by atoms with E-state index in [0.717, 1.165) is 4.88 Å². The number of carbonyl (C=O) groups is 2. The maximum absolute atomic E-state index is 12.6. The third-order valence-corrected chi connectivity index (χ3v) is 6.89. The van der Waals surface area contributed by atoms with E-state index >= 15 is 0 Å².